The predicted octanol–water partition coefficient (Wildman–Crippen LogP) is 1.85. The standard InChI is InChI=1S/C13H14ClNO4S/c1-8(16)15-11(13(18)19)6-20-7-12(17)9-2-4-10(14)5-3-9/h2-5,11H,6-7H2,1H3,(H,15,16)(H,18,19). The van der Waals surface area contributed by atoms with Crippen LogP contribution in [-0.4, -0.2) is 40.3 Å². The zero-order chi connectivity index (χ0) is 15.1. The predicted molar refractivity (Wildman–Crippen MR) is 78.3 cm³/mol. The topological polar surface area (TPSA) is 83.5 Å². The first-order valence-corrected chi connectivity index (χ1v) is 7.30. The summed E-state index contributed by atoms with van der Waals surface area (Å²) in [4.78, 5) is 33.6. The van der Waals surface area contributed by atoms with Gasteiger partial charge in [0.2, 0.25) is 5.91 Å². The number of amides is 1. The molecule has 0 radical (unpaired) electrons. The lowest BCUT2D eigenvalue weighted by Gasteiger charge is -2.12. The largest absolute Gasteiger partial charge is 0.480 e. The molecule has 1 unspecified atom stereocenters. The highest BCUT2D eigenvalue weighted by Gasteiger charge is 2.18. The number of carboxylic acids is 1. The van der Waals surface area contributed by atoms with Gasteiger partial charge >= 0.3 is 5.97 Å². The minimum Gasteiger partial charge on any atom is -0.480 e. The Bertz CT molecular complexity index is 504. The zero-order valence-corrected chi connectivity index (χ0v) is 12.3. The smallest absolute Gasteiger partial charge is 0.327 e. The first-order chi connectivity index (χ1) is 9.40. The van der Waals surface area contributed by atoms with Crippen LogP contribution in [0.1, 0.15) is 17.3 Å². The SMILES string of the molecule is CC(=O)NC(CSCC(=O)c1ccc(Cl)cc1)C(=O)O. The molecule has 0 bridgehead atoms. The van der Waals surface area contributed by atoms with Gasteiger partial charge in [0.1, 0.15) is 6.04 Å². The van der Waals surface area contributed by atoms with Gasteiger partial charge in [-0.1, -0.05) is 11.6 Å². The van der Waals surface area contributed by atoms with Crippen LogP contribution in [0.15, 0.2) is 24.3 Å². The minimum absolute atomic E-state index is 0.112. The van der Waals surface area contributed by atoms with E-state index in [1.54, 1.807) is 24.3 Å². The summed E-state index contributed by atoms with van der Waals surface area (Å²) in [6.07, 6.45) is 0. The van der Waals surface area contributed by atoms with Crippen molar-refractivity contribution in [1.29, 1.82) is 0 Å². The molecule has 0 fully saturated rings. The van der Waals surface area contributed by atoms with Crippen molar-refractivity contribution in [3.63, 3.8) is 0 Å². The maximum Gasteiger partial charge on any atom is 0.327 e. The Morgan fingerprint density at radius 1 is 1.30 bits per heavy atom. The second kappa shape index (κ2) is 7.91. The van der Waals surface area contributed by atoms with Crippen molar-refractivity contribution in [3.05, 3.63) is 34.9 Å². The summed E-state index contributed by atoms with van der Waals surface area (Å²) < 4.78 is 0. The van der Waals surface area contributed by atoms with Crippen molar-refractivity contribution in [1.82, 2.24) is 5.32 Å². The first kappa shape index (κ1) is 16.5. The fraction of sp³-hybridized carbons (Fsp3) is 0.308. The average molecular weight is 316 g/mol. The van der Waals surface area contributed by atoms with Gasteiger partial charge in [-0.25, -0.2) is 4.79 Å². The number of benzene rings is 1. The van der Waals surface area contributed by atoms with E-state index in [-0.39, 0.29) is 17.3 Å². The van der Waals surface area contributed by atoms with E-state index in [0.29, 0.717) is 10.6 Å². The molecule has 0 aliphatic rings. The summed E-state index contributed by atoms with van der Waals surface area (Å²) in [5.74, 6) is -1.37. The van der Waals surface area contributed by atoms with Crippen molar-refractivity contribution >= 4 is 41.0 Å². The van der Waals surface area contributed by atoms with Crippen LogP contribution in [0, 0.1) is 0 Å². The van der Waals surface area contributed by atoms with Crippen LogP contribution in [0.25, 0.3) is 0 Å². The molecular formula is C13H14ClNO4S. The van der Waals surface area contributed by atoms with Gasteiger partial charge < -0.3 is 10.4 Å². The van der Waals surface area contributed by atoms with Crippen LogP contribution in [0.2, 0.25) is 5.02 Å². The maximum absolute atomic E-state index is 11.8. The Hall–Kier alpha value is -1.53. The fourth-order valence-electron chi connectivity index (χ4n) is 1.41. The van der Waals surface area contributed by atoms with E-state index in [2.05, 4.69) is 5.32 Å². The Kier molecular flexibility index (Phi) is 6.54. The fourth-order valence-corrected chi connectivity index (χ4v) is 2.47. The van der Waals surface area contributed by atoms with E-state index in [4.69, 9.17) is 16.7 Å². The molecule has 0 saturated heterocycles. The molecule has 0 aliphatic heterocycles. The lowest BCUT2D eigenvalue weighted by atomic mass is 10.1. The summed E-state index contributed by atoms with van der Waals surface area (Å²) in [5, 5.41) is 11.8. The molecular weight excluding hydrogens is 302 g/mol. The Balaban J connectivity index is 2.46. The quantitative estimate of drug-likeness (QED) is 0.750. The number of carboxylic acid groups (broad SMARTS) is 1. The number of thioether (sulfide) groups is 1. The van der Waals surface area contributed by atoms with Gasteiger partial charge in [-0.2, -0.15) is 11.8 Å². The second-order valence-corrected chi connectivity index (χ2v) is 5.50. The number of carbonyl (C=O) groups excluding carboxylic acids is 2. The van der Waals surface area contributed by atoms with E-state index >= 15 is 0 Å². The number of ketones is 1. The highest BCUT2D eigenvalue weighted by Crippen LogP contribution is 2.13. The molecule has 0 aromatic heterocycles. The van der Waals surface area contributed by atoms with Crippen LogP contribution < -0.4 is 5.32 Å². The Labute approximate surface area is 125 Å². The van der Waals surface area contributed by atoms with Gasteiger partial charge in [0.15, 0.2) is 5.78 Å². The second-order valence-electron chi connectivity index (χ2n) is 4.04. The molecule has 2 N–H and O–H groups in total. The molecule has 0 saturated carbocycles. The third-order valence-corrected chi connectivity index (χ3v) is 3.65. The Morgan fingerprint density at radius 2 is 1.90 bits per heavy atom. The molecule has 0 heterocycles. The zero-order valence-electron chi connectivity index (χ0n) is 10.8. The molecule has 0 aliphatic carbocycles. The normalized spacial score (nSPS) is 11.7. The third kappa shape index (κ3) is 5.63. The van der Waals surface area contributed by atoms with E-state index in [0.717, 1.165) is 11.8 Å². The molecule has 108 valence electrons. The lowest BCUT2D eigenvalue weighted by molar-refractivity contribution is -0.140. The van der Waals surface area contributed by atoms with E-state index in [1.165, 1.54) is 6.92 Å². The average Bonchev–Trinajstić information content (AvgIpc) is 2.37. The number of nitrogens with one attached hydrogen (secondary N) is 1. The van der Waals surface area contributed by atoms with E-state index < -0.39 is 17.9 Å². The first-order valence-electron chi connectivity index (χ1n) is 5.76. The summed E-state index contributed by atoms with van der Waals surface area (Å²) in [6, 6.07) is 5.49. The summed E-state index contributed by atoms with van der Waals surface area (Å²) >= 11 is 6.88. The van der Waals surface area contributed by atoms with Gasteiger partial charge in [-0.15, -0.1) is 0 Å². The number of hydrogen-bond acceptors (Lipinski definition) is 4. The van der Waals surface area contributed by atoms with Gasteiger partial charge in [-0.3, -0.25) is 9.59 Å². The van der Waals surface area contributed by atoms with Crippen molar-refractivity contribution in [2.45, 2.75) is 13.0 Å². The molecule has 1 amide bonds. The molecule has 20 heavy (non-hydrogen) atoms. The number of Topliss-reactive ketones (excluding diaryl/α,β-unsaturated/α-hetero) is 1. The highest BCUT2D eigenvalue weighted by molar-refractivity contribution is 8.00. The van der Waals surface area contributed by atoms with Crippen molar-refractivity contribution < 1.29 is 19.5 Å². The number of aliphatic carboxylic acids is 1. The van der Waals surface area contributed by atoms with Crippen LogP contribution >= 0.6 is 23.4 Å². The number of halogens is 1. The monoisotopic (exact) mass is 315 g/mol. The van der Waals surface area contributed by atoms with Crippen molar-refractivity contribution in [2.75, 3.05) is 11.5 Å². The number of hydrogen-bond donors (Lipinski definition) is 2. The summed E-state index contributed by atoms with van der Waals surface area (Å²) in [5.41, 5.74) is 0.522. The maximum atomic E-state index is 11.8. The lowest BCUT2D eigenvalue weighted by Crippen LogP contribution is -2.41. The molecule has 1 aromatic carbocycles. The van der Waals surface area contributed by atoms with Crippen LogP contribution in [0.3, 0.4) is 0 Å². The van der Waals surface area contributed by atoms with Crippen molar-refractivity contribution in [2.24, 2.45) is 0 Å². The van der Waals surface area contributed by atoms with Gasteiger partial charge in [0.05, 0.1) is 5.75 Å². The third-order valence-electron chi connectivity index (χ3n) is 2.36. The molecule has 5 nitrogen and oxygen atoms in total. The number of carbonyl (C=O) groups is 3. The number of rotatable bonds is 7. The van der Waals surface area contributed by atoms with Gasteiger partial charge in [-0.05, 0) is 24.3 Å². The van der Waals surface area contributed by atoms with Crippen LogP contribution in [0.4, 0.5) is 0 Å². The molecule has 1 aromatic rings. The van der Waals surface area contributed by atoms with Gasteiger partial charge in [0, 0.05) is 23.3 Å². The molecule has 0 spiro atoms. The van der Waals surface area contributed by atoms with Crippen molar-refractivity contribution in [3.8, 4) is 0 Å². The highest BCUT2D eigenvalue weighted by atomic mass is 35.5. The van der Waals surface area contributed by atoms with E-state index in [9.17, 15) is 14.4 Å². The van der Waals surface area contributed by atoms with Gasteiger partial charge in [0.25, 0.3) is 0 Å². The molecule has 1 rings (SSSR count). The summed E-state index contributed by atoms with van der Waals surface area (Å²) in [7, 11) is 0. The van der Waals surface area contributed by atoms with E-state index in [1.807, 2.05) is 0 Å². The Morgan fingerprint density at radius 3 is 2.40 bits per heavy atom. The minimum atomic E-state index is -1.12. The molecule has 1 atom stereocenters. The summed E-state index contributed by atoms with van der Waals surface area (Å²) in [6.45, 7) is 1.25. The van der Waals surface area contributed by atoms with Crippen LogP contribution in [0.5, 0.6) is 0 Å². The molecule has 7 heteroatoms. The van der Waals surface area contributed by atoms with Crippen LogP contribution in [-0.2, 0) is 9.59 Å².